The molecule has 6 heteroatoms. The average Bonchev–Trinajstić information content (AvgIpc) is 3.12. The molecule has 3 heterocycles. The molecule has 0 saturated carbocycles. The number of aliphatic imine (C=N–C) groups is 1. The van der Waals surface area contributed by atoms with Crippen LogP contribution in [0, 0.1) is 0 Å². The number of fused-ring (bicyclic) bond motifs is 2. The van der Waals surface area contributed by atoms with E-state index in [0.29, 0.717) is 19.6 Å². The van der Waals surface area contributed by atoms with Crippen molar-refractivity contribution < 1.29 is 14.3 Å². The number of aromatic nitrogens is 1. The van der Waals surface area contributed by atoms with Gasteiger partial charge < -0.3 is 14.4 Å². The molecule has 0 spiro atoms. The van der Waals surface area contributed by atoms with Gasteiger partial charge in [-0.3, -0.25) is 14.8 Å². The van der Waals surface area contributed by atoms with E-state index in [0.717, 1.165) is 47.5 Å². The largest absolute Gasteiger partial charge is 0.457 e. The summed E-state index contributed by atoms with van der Waals surface area (Å²) in [6, 6.07) is 8.29. The van der Waals surface area contributed by atoms with Gasteiger partial charge in [0.2, 0.25) is 0 Å². The Morgan fingerprint density at radius 3 is 2.82 bits per heavy atom. The molecule has 0 radical (unpaired) electrons. The molecule has 2 aliphatic rings. The van der Waals surface area contributed by atoms with Crippen LogP contribution in [0.2, 0.25) is 0 Å². The number of hydrogen-bond acceptors (Lipinski definition) is 6. The smallest absolute Gasteiger partial charge is 0.310 e. The lowest BCUT2D eigenvalue weighted by Gasteiger charge is -2.28. The molecule has 1 aromatic heterocycles. The molecule has 28 heavy (non-hydrogen) atoms. The van der Waals surface area contributed by atoms with Crippen molar-refractivity contribution in [1.29, 1.82) is 0 Å². The standard InChI is InChI=1S/C22H25N3O3/c1-25(9-10-27-2)8-5-20-18-13-19-17(11-16(18)12-21(26)28-20)14-24-22(19)15-3-6-23-7-4-15/h3-4,6-7,11,13,20H,5,8-10,12,14H2,1-2H3. The van der Waals surface area contributed by atoms with E-state index in [9.17, 15) is 4.79 Å². The molecule has 2 aromatic rings. The van der Waals surface area contributed by atoms with E-state index in [1.807, 2.05) is 12.1 Å². The summed E-state index contributed by atoms with van der Waals surface area (Å²) in [5.74, 6) is -0.148. The van der Waals surface area contributed by atoms with Crippen molar-refractivity contribution in [2.75, 3.05) is 33.9 Å². The second-order valence-corrected chi connectivity index (χ2v) is 7.35. The summed E-state index contributed by atoms with van der Waals surface area (Å²) in [4.78, 5) is 23.2. The van der Waals surface area contributed by atoms with Gasteiger partial charge in [-0.1, -0.05) is 6.07 Å². The zero-order chi connectivity index (χ0) is 19.5. The summed E-state index contributed by atoms with van der Waals surface area (Å²) in [7, 11) is 3.76. The number of hydrogen-bond donors (Lipinski definition) is 0. The van der Waals surface area contributed by atoms with E-state index < -0.39 is 0 Å². The van der Waals surface area contributed by atoms with Gasteiger partial charge in [-0.15, -0.1) is 0 Å². The van der Waals surface area contributed by atoms with Crippen LogP contribution in [-0.4, -0.2) is 55.4 Å². The highest BCUT2D eigenvalue weighted by Gasteiger charge is 2.30. The average molecular weight is 379 g/mol. The van der Waals surface area contributed by atoms with E-state index >= 15 is 0 Å². The highest BCUT2D eigenvalue weighted by atomic mass is 16.5. The minimum absolute atomic E-state index is 0.148. The van der Waals surface area contributed by atoms with Gasteiger partial charge in [0.05, 0.1) is 25.3 Å². The van der Waals surface area contributed by atoms with Gasteiger partial charge in [0.1, 0.15) is 6.10 Å². The molecule has 1 aromatic carbocycles. The summed E-state index contributed by atoms with van der Waals surface area (Å²) >= 11 is 0. The van der Waals surface area contributed by atoms with Crippen LogP contribution < -0.4 is 0 Å². The molecular formula is C22H25N3O3. The molecule has 2 aliphatic heterocycles. The van der Waals surface area contributed by atoms with Crippen LogP contribution >= 0.6 is 0 Å². The van der Waals surface area contributed by atoms with Crippen LogP contribution in [0.4, 0.5) is 0 Å². The Bertz CT molecular complexity index is 895. The second-order valence-electron chi connectivity index (χ2n) is 7.35. The molecule has 146 valence electrons. The van der Waals surface area contributed by atoms with Gasteiger partial charge in [0.25, 0.3) is 0 Å². The molecule has 6 nitrogen and oxygen atoms in total. The molecule has 0 bridgehead atoms. The van der Waals surface area contributed by atoms with Gasteiger partial charge >= 0.3 is 5.97 Å². The van der Waals surface area contributed by atoms with Crippen LogP contribution in [-0.2, 0) is 27.2 Å². The van der Waals surface area contributed by atoms with E-state index in [1.165, 1.54) is 5.56 Å². The molecule has 0 aliphatic carbocycles. The summed E-state index contributed by atoms with van der Waals surface area (Å²) in [5, 5.41) is 0. The van der Waals surface area contributed by atoms with E-state index in [-0.39, 0.29) is 12.1 Å². The summed E-state index contributed by atoms with van der Waals surface area (Å²) in [6.45, 7) is 3.03. The minimum atomic E-state index is -0.217. The first-order valence-corrected chi connectivity index (χ1v) is 9.63. The molecular weight excluding hydrogens is 354 g/mol. The van der Waals surface area contributed by atoms with Gasteiger partial charge in [0.15, 0.2) is 0 Å². The first-order chi connectivity index (χ1) is 13.7. The van der Waals surface area contributed by atoms with Crippen molar-refractivity contribution in [1.82, 2.24) is 9.88 Å². The van der Waals surface area contributed by atoms with Crippen molar-refractivity contribution in [3.05, 3.63) is 64.5 Å². The zero-order valence-electron chi connectivity index (χ0n) is 16.4. The molecule has 0 saturated heterocycles. The maximum atomic E-state index is 12.1. The van der Waals surface area contributed by atoms with E-state index in [1.54, 1.807) is 19.5 Å². The maximum Gasteiger partial charge on any atom is 0.310 e. The van der Waals surface area contributed by atoms with Crippen LogP contribution in [0.3, 0.4) is 0 Å². The first kappa shape index (κ1) is 18.8. The number of esters is 1. The predicted molar refractivity (Wildman–Crippen MR) is 107 cm³/mol. The fourth-order valence-corrected chi connectivity index (χ4v) is 3.85. The summed E-state index contributed by atoms with van der Waals surface area (Å²) in [6.07, 6.45) is 4.46. The number of rotatable bonds is 7. The number of carbonyl (C=O) groups is 1. The third-order valence-electron chi connectivity index (χ3n) is 5.39. The fourth-order valence-electron chi connectivity index (χ4n) is 3.85. The van der Waals surface area contributed by atoms with Crippen LogP contribution in [0.1, 0.15) is 40.3 Å². The number of likely N-dealkylation sites (N-methyl/N-ethyl adjacent to an activating group) is 1. The Morgan fingerprint density at radius 2 is 2.04 bits per heavy atom. The highest BCUT2D eigenvalue weighted by molar-refractivity contribution is 6.15. The Morgan fingerprint density at radius 1 is 1.21 bits per heavy atom. The highest BCUT2D eigenvalue weighted by Crippen LogP contribution is 2.35. The van der Waals surface area contributed by atoms with Crippen molar-refractivity contribution >= 4 is 11.7 Å². The second kappa shape index (κ2) is 8.20. The number of ether oxygens (including phenoxy) is 2. The lowest BCUT2D eigenvalue weighted by atomic mass is 9.89. The predicted octanol–water partition coefficient (Wildman–Crippen LogP) is 2.54. The Labute approximate surface area is 165 Å². The van der Waals surface area contributed by atoms with Crippen molar-refractivity contribution in [3.8, 4) is 0 Å². The van der Waals surface area contributed by atoms with E-state index in [4.69, 9.17) is 14.5 Å². The number of nitrogens with zero attached hydrogens (tertiary/aromatic N) is 3. The maximum absolute atomic E-state index is 12.1. The monoisotopic (exact) mass is 379 g/mol. The first-order valence-electron chi connectivity index (χ1n) is 9.63. The number of methoxy groups -OCH3 is 1. The number of pyridine rings is 1. The Balaban J connectivity index is 1.59. The zero-order valence-corrected chi connectivity index (χ0v) is 16.4. The van der Waals surface area contributed by atoms with Gasteiger partial charge in [0, 0.05) is 50.1 Å². The minimum Gasteiger partial charge on any atom is -0.457 e. The molecule has 4 rings (SSSR count). The molecule has 0 amide bonds. The quantitative estimate of drug-likeness (QED) is 0.692. The normalized spacial score (nSPS) is 17.9. The topological polar surface area (TPSA) is 64.0 Å². The van der Waals surface area contributed by atoms with E-state index in [2.05, 4.69) is 29.1 Å². The summed E-state index contributed by atoms with van der Waals surface area (Å²) < 4.78 is 10.9. The van der Waals surface area contributed by atoms with Crippen LogP contribution in [0.15, 0.2) is 41.7 Å². The van der Waals surface area contributed by atoms with Gasteiger partial charge in [-0.05, 0) is 41.9 Å². The summed E-state index contributed by atoms with van der Waals surface area (Å²) in [5.41, 5.74) is 6.56. The third kappa shape index (κ3) is 3.84. The molecule has 0 fully saturated rings. The molecule has 1 unspecified atom stereocenters. The van der Waals surface area contributed by atoms with Crippen LogP contribution in [0.25, 0.3) is 0 Å². The third-order valence-corrected chi connectivity index (χ3v) is 5.39. The number of cyclic esters (lactones) is 1. The van der Waals surface area contributed by atoms with Crippen LogP contribution in [0.5, 0.6) is 0 Å². The van der Waals surface area contributed by atoms with Crippen molar-refractivity contribution in [3.63, 3.8) is 0 Å². The lowest BCUT2D eigenvalue weighted by molar-refractivity contribution is -0.150. The van der Waals surface area contributed by atoms with Crippen molar-refractivity contribution in [2.45, 2.75) is 25.5 Å². The fraction of sp³-hybridized carbons (Fsp3) is 0.409. The SMILES string of the molecule is COCCN(C)CCC1OC(=O)Cc2cc3c(cc21)C(c1ccncc1)=NC3. The van der Waals surface area contributed by atoms with Gasteiger partial charge in [-0.2, -0.15) is 0 Å². The Kier molecular flexibility index (Phi) is 5.50. The lowest BCUT2D eigenvalue weighted by Crippen LogP contribution is -2.28. The molecule has 0 N–H and O–H groups in total. The van der Waals surface area contributed by atoms with Gasteiger partial charge in [-0.25, -0.2) is 0 Å². The molecule has 1 atom stereocenters. The van der Waals surface area contributed by atoms with Crippen molar-refractivity contribution in [2.24, 2.45) is 4.99 Å². The Hall–Kier alpha value is -2.57. The number of benzene rings is 1. The number of carbonyl (C=O) groups excluding carboxylic acids is 1.